The van der Waals surface area contributed by atoms with Gasteiger partial charge < -0.3 is 14.4 Å². The van der Waals surface area contributed by atoms with Crippen molar-refractivity contribution in [1.29, 1.82) is 0 Å². The maximum Gasteiger partial charge on any atom is 0.329 e. The molecule has 1 aliphatic carbocycles. The molecule has 0 unspecified atom stereocenters. The molecule has 2 fully saturated rings. The normalized spacial score (nSPS) is 22.6. The maximum atomic E-state index is 13.1. The first kappa shape index (κ1) is 21.2. The van der Waals surface area contributed by atoms with E-state index in [1.54, 1.807) is 30.0 Å². The quantitative estimate of drug-likeness (QED) is 0.586. The van der Waals surface area contributed by atoms with Gasteiger partial charge in [-0.2, -0.15) is 0 Å². The molecule has 3 atom stereocenters. The van der Waals surface area contributed by atoms with Crippen molar-refractivity contribution >= 4 is 35.1 Å². The van der Waals surface area contributed by atoms with Gasteiger partial charge in [-0.25, -0.2) is 4.79 Å². The molecule has 30 heavy (non-hydrogen) atoms. The Bertz CT molecular complexity index is 929. The Morgan fingerprint density at radius 3 is 2.50 bits per heavy atom. The lowest BCUT2D eigenvalue weighted by Crippen LogP contribution is -2.54. The Labute approximate surface area is 185 Å². The average Bonchev–Trinajstić information content (AvgIpc) is 3.55. The van der Waals surface area contributed by atoms with Crippen LogP contribution in [-0.2, 0) is 19.1 Å². The molecule has 0 N–H and O–H groups in total. The highest BCUT2D eigenvalue weighted by atomic mass is 35.5. The van der Waals surface area contributed by atoms with Crippen LogP contribution in [0.2, 0.25) is 10.0 Å². The second-order valence-electron chi connectivity index (χ2n) is 7.62. The molecule has 5 nitrogen and oxygen atoms in total. The van der Waals surface area contributed by atoms with Gasteiger partial charge in [-0.15, -0.1) is 0 Å². The third-order valence-corrected chi connectivity index (χ3v) is 6.03. The molecule has 1 saturated heterocycles. The Hall–Kier alpha value is -2.08. The van der Waals surface area contributed by atoms with E-state index in [-0.39, 0.29) is 31.0 Å². The molecular formula is C23H23Cl2NO4. The average molecular weight is 448 g/mol. The fraction of sp³-hybridized carbons (Fsp3) is 0.391. The van der Waals surface area contributed by atoms with Crippen LogP contribution in [0.15, 0.2) is 48.5 Å². The highest BCUT2D eigenvalue weighted by molar-refractivity contribution is 6.30. The van der Waals surface area contributed by atoms with Gasteiger partial charge in [0, 0.05) is 10.0 Å². The maximum absolute atomic E-state index is 13.1. The van der Waals surface area contributed by atoms with E-state index in [9.17, 15) is 9.59 Å². The van der Waals surface area contributed by atoms with Crippen molar-refractivity contribution in [3.8, 4) is 0 Å². The number of rotatable bonds is 6. The number of hydrogen-bond acceptors (Lipinski definition) is 4. The zero-order valence-electron chi connectivity index (χ0n) is 16.6. The number of carbonyl (C=O) groups excluding carboxylic acids is 2. The highest BCUT2D eigenvalue weighted by Gasteiger charge is 2.50. The number of carbonyl (C=O) groups is 2. The third-order valence-electron chi connectivity index (χ3n) is 5.55. The number of morpholine rings is 1. The Balaban J connectivity index is 1.81. The number of hydrogen-bond donors (Lipinski definition) is 0. The number of amides is 1. The Morgan fingerprint density at radius 2 is 1.87 bits per heavy atom. The first-order valence-corrected chi connectivity index (χ1v) is 10.9. The van der Waals surface area contributed by atoms with Crippen molar-refractivity contribution in [2.45, 2.75) is 38.0 Å². The van der Waals surface area contributed by atoms with Gasteiger partial charge in [0.05, 0.1) is 12.6 Å². The van der Waals surface area contributed by atoms with Crippen LogP contribution in [0.5, 0.6) is 0 Å². The molecule has 2 aromatic rings. The van der Waals surface area contributed by atoms with Crippen LogP contribution in [0.1, 0.15) is 43.0 Å². The summed E-state index contributed by atoms with van der Waals surface area (Å²) < 4.78 is 11.4. The molecule has 7 heteroatoms. The molecular weight excluding hydrogens is 425 g/mol. The summed E-state index contributed by atoms with van der Waals surface area (Å²) in [4.78, 5) is 27.7. The molecule has 2 aliphatic rings. The van der Waals surface area contributed by atoms with Gasteiger partial charge in [-0.3, -0.25) is 4.79 Å². The molecule has 1 aliphatic heterocycles. The Morgan fingerprint density at radius 1 is 1.13 bits per heavy atom. The summed E-state index contributed by atoms with van der Waals surface area (Å²) in [6.45, 7) is 1.93. The fourth-order valence-corrected chi connectivity index (χ4v) is 4.41. The van der Waals surface area contributed by atoms with Crippen molar-refractivity contribution in [1.82, 2.24) is 4.90 Å². The number of nitrogens with zero attached hydrogens (tertiary/aromatic N) is 1. The van der Waals surface area contributed by atoms with Crippen LogP contribution in [0.4, 0.5) is 0 Å². The lowest BCUT2D eigenvalue weighted by molar-refractivity contribution is -0.174. The Kier molecular flexibility index (Phi) is 6.32. The zero-order valence-corrected chi connectivity index (χ0v) is 18.1. The molecule has 158 valence electrons. The first-order valence-electron chi connectivity index (χ1n) is 10.1. The van der Waals surface area contributed by atoms with E-state index in [0.717, 1.165) is 24.0 Å². The van der Waals surface area contributed by atoms with Crippen molar-refractivity contribution in [2.24, 2.45) is 5.92 Å². The zero-order chi connectivity index (χ0) is 21.3. The van der Waals surface area contributed by atoms with Gasteiger partial charge in [-0.1, -0.05) is 47.5 Å². The van der Waals surface area contributed by atoms with Gasteiger partial charge in [-0.05, 0) is 61.1 Å². The first-order chi connectivity index (χ1) is 14.5. The number of ether oxygens (including phenoxy) is 2. The molecule has 2 aromatic carbocycles. The van der Waals surface area contributed by atoms with Crippen LogP contribution in [-0.4, -0.2) is 36.0 Å². The summed E-state index contributed by atoms with van der Waals surface area (Å²) in [7, 11) is 0. The predicted molar refractivity (Wildman–Crippen MR) is 114 cm³/mol. The van der Waals surface area contributed by atoms with Gasteiger partial charge >= 0.3 is 5.97 Å². The lowest BCUT2D eigenvalue weighted by Gasteiger charge is -2.44. The monoisotopic (exact) mass is 447 g/mol. The largest absolute Gasteiger partial charge is 0.464 e. The lowest BCUT2D eigenvalue weighted by atomic mass is 9.90. The molecule has 0 bridgehead atoms. The van der Waals surface area contributed by atoms with Crippen LogP contribution in [0, 0.1) is 5.92 Å². The van der Waals surface area contributed by atoms with E-state index in [1.165, 1.54) is 0 Å². The number of benzene rings is 2. The molecule has 1 amide bonds. The number of esters is 1. The summed E-state index contributed by atoms with van der Waals surface area (Å²) in [5, 5.41) is 1.18. The molecule has 0 spiro atoms. The third kappa shape index (κ3) is 4.34. The van der Waals surface area contributed by atoms with E-state index in [1.807, 2.05) is 30.3 Å². The summed E-state index contributed by atoms with van der Waals surface area (Å²) in [5.41, 5.74) is 1.69. The molecule has 0 aromatic heterocycles. The van der Waals surface area contributed by atoms with Crippen molar-refractivity contribution in [3.63, 3.8) is 0 Å². The minimum atomic E-state index is -0.635. The van der Waals surface area contributed by atoms with E-state index in [2.05, 4.69) is 0 Å². The highest BCUT2D eigenvalue weighted by Crippen LogP contribution is 2.46. The summed E-state index contributed by atoms with van der Waals surface area (Å²) >= 11 is 12.3. The van der Waals surface area contributed by atoms with Crippen LogP contribution >= 0.6 is 23.2 Å². The predicted octanol–water partition coefficient (Wildman–Crippen LogP) is 4.98. The standard InChI is InChI=1S/C23H23Cl2NO4/c1-2-29-23(28)21(15-6-7-15)26-19(27)13-30-22(16-4-3-5-18(25)12-16)20(26)14-8-10-17(24)11-9-14/h3-5,8-12,15,20-22H,2,6-7,13H2,1H3/t20-,21+,22+/m1/s1. The van der Waals surface area contributed by atoms with Gasteiger partial charge in [0.1, 0.15) is 18.8 Å². The van der Waals surface area contributed by atoms with E-state index in [0.29, 0.717) is 10.0 Å². The fourth-order valence-electron chi connectivity index (χ4n) is 4.09. The van der Waals surface area contributed by atoms with Gasteiger partial charge in [0.2, 0.25) is 5.91 Å². The van der Waals surface area contributed by atoms with E-state index >= 15 is 0 Å². The number of halogens is 2. The van der Waals surface area contributed by atoms with E-state index < -0.39 is 18.2 Å². The van der Waals surface area contributed by atoms with Crippen molar-refractivity contribution in [3.05, 3.63) is 69.7 Å². The minimum absolute atomic E-state index is 0.0981. The second kappa shape index (κ2) is 8.96. The van der Waals surface area contributed by atoms with Crippen LogP contribution in [0.3, 0.4) is 0 Å². The molecule has 1 heterocycles. The molecule has 0 radical (unpaired) electrons. The summed E-state index contributed by atoms with van der Waals surface area (Å²) in [5.74, 6) is -0.488. The smallest absolute Gasteiger partial charge is 0.329 e. The SMILES string of the molecule is CCOC(=O)[C@H](C1CC1)N1C(=O)CO[C@@H](c2cccc(Cl)c2)[C@H]1c1ccc(Cl)cc1. The topological polar surface area (TPSA) is 55.8 Å². The van der Waals surface area contributed by atoms with Gasteiger partial charge in [0.25, 0.3) is 0 Å². The molecule has 4 rings (SSSR count). The van der Waals surface area contributed by atoms with E-state index in [4.69, 9.17) is 32.7 Å². The molecule has 1 saturated carbocycles. The van der Waals surface area contributed by atoms with Crippen molar-refractivity contribution < 1.29 is 19.1 Å². The second-order valence-corrected chi connectivity index (χ2v) is 8.49. The van der Waals surface area contributed by atoms with Gasteiger partial charge in [0.15, 0.2) is 0 Å². The van der Waals surface area contributed by atoms with Crippen LogP contribution in [0.25, 0.3) is 0 Å². The van der Waals surface area contributed by atoms with Crippen molar-refractivity contribution in [2.75, 3.05) is 13.2 Å². The summed E-state index contributed by atoms with van der Waals surface area (Å²) in [6, 6.07) is 13.6. The minimum Gasteiger partial charge on any atom is -0.464 e. The summed E-state index contributed by atoms with van der Waals surface area (Å²) in [6.07, 6.45) is 1.31. The van der Waals surface area contributed by atoms with Crippen LogP contribution < -0.4 is 0 Å².